The van der Waals surface area contributed by atoms with Gasteiger partial charge in [-0.1, -0.05) is 47.5 Å². The molecule has 1 aromatic heterocycles. The maximum Gasteiger partial charge on any atom is 0.254 e. The Morgan fingerprint density at radius 2 is 1.67 bits per heavy atom. The molecule has 4 aromatic rings. The van der Waals surface area contributed by atoms with Crippen molar-refractivity contribution in [2.45, 2.75) is 32.8 Å². The molecule has 2 heterocycles. The van der Waals surface area contributed by atoms with Gasteiger partial charge in [0.2, 0.25) is 11.9 Å². The number of imidazole rings is 1. The number of hydrogen-bond acceptors (Lipinski definition) is 4. The molecule has 1 saturated heterocycles. The second-order valence-corrected chi connectivity index (χ2v) is 9.90. The van der Waals surface area contributed by atoms with Crippen LogP contribution in [0, 0.1) is 19.7 Å². The molecule has 0 aliphatic carbocycles. The maximum atomic E-state index is 13.5. The number of nitrogens with one attached hydrogen (secondary N) is 1. The highest BCUT2D eigenvalue weighted by Crippen LogP contribution is 2.25. The zero-order chi connectivity index (χ0) is 27.4. The molecule has 3 aromatic carbocycles. The van der Waals surface area contributed by atoms with E-state index in [0.29, 0.717) is 23.8 Å². The minimum Gasteiger partial charge on any atom is -0.376 e. The Hall–Kier alpha value is -4.30. The van der Waals surface area contributed by atoms with E-state index < -0.39 is 11.7 Å². The number of carbonyl (C=O) groups excluding carboxylic acids is 2. The highest BCUT2D eigenvalue weighted by molar-refractivity contribution is 5.99. The molecule has 1 unspecified atom stereocenters. The van der Waals surface area contributed by atoms with Gasteiger partial charge in [0.05, 0.1) is 11.8 Å². The number of rotatable bonds is 8. The molecular weight excluding hydrogens is 495 g/mol. The number of nitrogens with zero attached hydrogens (tertiary/aromatic N) is 3. The first-order valence-electron chi connectivity index (χ1n) is 13.1. The number of hydrogen-bond donors (Lipinski definition) is 1. The van der Waals surface area contributed by atoms with Gasteiger partial charge in [-0.05, 0) is 63.1 Å². The third kappa shape index (κ3) is 6.41. The lowest BCUT2D eigenvalue weighted by atomic mass is 10.1. The molecule has 0 spiro atoms. The molecule has 1 aliphatic heterocycles. The number of halogens is 1. The summed E-state index contributed by atoms with van der Waals surface area (Å²) in [4.78, 5) is 32.9. The molecule has 1 fully saturated rings. The number of ether oxygens (including phenoxy) is 1. The molecule has 5 rings (SSSR count). The molecule has 1 N–H and O–H groups in total. The highest BCUT2D eigenvalue weighted by Gasteiger charge is 2.26. The van der Waals surface area contributed by atoms with Gasteiger partial charge in [-0.3, -0.25) is 19.5 Å². The Balaban J connectivity index is 1.41. The van der Waals surface area contributed by atoms with Crippen LogP contribution in [0.1, 0.15) is 34.3 Å². The molecule has 1 atom stereocenters. The zero-order valence-corrected chi connectivity index (χ0v) is 22.1. The van der Waals surface area contributed by atoms with Crippen molar-refractivity contribution in [2.24, 2.45) is 0 Å². The molecule has 200 valence electrons. The fourth-order valence-corrected chi connectivity index (χ4v) is 4.60. The van der Waals surface area contributed by atoms with Gasteiger partial charge in [0.15, 0.2) is 0 Å². The number of amides is 2. The van der Waals surface area contributed by atoms with Crippen molar-refractivity contribution in [3.05, 3.63) is 102 Å². The van der Waals surface area contributed by atoms with Crippen LogP contribution in [0.5, 0.6) is 0 Å². The fourth-order valence-electron chi connectivity index (χ4n) is 4.60. The predicted octanol–water partition coefficient (Wildman–Crippen LogP) is 5.56. The molecule has 2 amide bonds. The van der Waals surface area contributed by atoms with Gasteiger partial charge in [0.1, 0.15) is 12.4 Å². The van der Waals surface area contributed by atoms with E-state index in [2.05, 4.69) is 5.32 Å². The summed E-state index contributed by atoms with van der Waals surface area (Å²) in [6.07, 6.45) is 3.46. The van der Waals surface area contributed by atoms with Crippen molar-refractivity contribution in [2.75, 3.05) is 25.0 Å². The summed E-state index contributed by atoms with van der Waals surface area (Å²) >= 11 is 0. The van der Waals surface area contributed by atoms with Crippen molar-refractivity contribution in [3.8, 4) is 16.9 Å². The van der Waals surface area contributed by atoms with E-state index in [1.165, 1.54) is 29.2 Å². The first-order chi connectivity index (χ1) is 18.9. The summed E-state index contributed by atoms with van der Waals surface area (Å²) in [6, 6.07) is 21.3. The van der Waals surface area contributed by atoms with Gasteiger partial charge in [0, 0.05) is 36.2 Å². The van der Waals surface area contributed by atoms with Crippen LogP contribution >= 0.6 is 0 Å². The van der Waals surface area contributed by atoms with Crippen molar-refractivity contribution < 1.29 is 18.7 Å². The van der Waals surface area contributed by atoms with Gasteiger partial charge in [-0.2, -0.15) is 0 Å². The largest absolute Gasteiger partial charge is 0.376 e. The summed E-state index contributed by atoms with van der Waals surface area (Å²) in [6.45, 7) is 4.74. The standard InChI is InChI=1S/C31H31FN4O3/c1-21-5-9-23(10-6-21)28-19-36(26-15-7-22(2)8-16-26)31(33-28)34-29(37)20-35(18-27-4-3-17-39-27)30(38)24-11-13-25(32)14-12-24/h5-16,19,27H,3-4,17-18,20H2,1-2H3,(H,33,34,37). The minimum atomic E-state index is -0.428. The quantitative estimate of drug-likeness (QED) is 0.326. The number of anilines is 1. The smallest absolute Gasteiger partial charge is 0.254 e. The van der Waals surface area contributed by atoms with Crippen LogP contribution in [0.25, 0.3) is 16.9 Å². The number of aryl methyl sites for hydroxylation is 2. The van der Waals surface area contributed by atoms with Crippen LogP contribution in [0.4, 0.5) is 10.3 Å². The Bertz CT molecular complexity index is 1440. The first-order valence-corrected chi connectivity index (χ1v) is 13.1. The second-order valence-electron chi connectivity index (χ2n) is 9.90. The Labute approximate surface area is 227 Å². The molecule has 7 nitrogen and oxygen atoms in total. The number of carbonyl (C=O) groups is 2. The van der Waals surface area contributed by atoms with E-state index in [-0.39, 0.29) is 25.1 Å². The second kappa shape index (κ2) is 11.6. The summed E-state index contributed by atoms with van der Waals surface area (Å²) in [5.74, 6) is -0.825. The molecule has 0 bridgehead atoms. The lowest BCUT2D eigenvalue weighted by molar-refractivity contribution is -0.117. The third-order valence-corrected chi connectivity index (χ3v) is 6.78. The molecular formula is C31H31FN4O3. The van der Waals surface area contributed by atoms with E-state index >= 15 is 0 Å². The minimum absolute atomic E-state index is 0.148. The van der Waals surface area contributed by atoms with Crippen LogP contribution in [0.2, 0.25) is 0 Å². The Morgan fingerprint density at radius 1 is 1.00 bits per heavy atom. The van der Waals surface area contributed by atoms with Crippen LogP contribution in [0.3, 0.4) is 0 Å². The molecule has 0 radical (unpaired) electrons. The van der Waals surface area contributed by atoms with E-state index in [4.69, 9.17) is 9.72 Å². The van der Waals surface area contributed by atoms with Crippen LogP contribution in [-0.2, 0) is 9.53 Å². The Kier molecular flexibility index (Phi) is 7.84. The van der Waals surface area contributed by atoms with Crippen LogP contribution < -0.4 is 5.32 Å². The maximum absolute atomic E-state index is 13.5. The average Bonchev–Trinajstić information content (AvgIpc) is 3.59. The van der Waals surface area contributed by atoms with E-state index in [0.717, 1.165) is 35.2 Å². The number of benzene rings is 3. The summed E-state index contributed by atoms with van der Waals surface area (Å²) in [5, 5.41) is 2.91. The SMILES string of the molecule is Cc1ccc(-c2cn(-c3ccc(C)cc3)c(NC(=O)CN(CC3CCCO3)C(=O)c3ccc(F)cc3)n2)cc1. The summed E-state index contributed by atoms with van der Waals surface area (Å²) < 4.78 is 21.0. The van der Waals surface area contributed by atoms with Crippen LogP contribution in [-0.4, -0.2) is 52.1 Å². The van der Waals surface area contributed by atoms with Crippen molar-refractivity contribution in [3.63, 3.8) is 0 Å². The lowest BCUT2D eigenvalue weighted by Gasteiger charge is -2.25. The fraction of sp³-hybridized carbons (Fsp3) is 0.258. The van der Waals surface area contributed by atoms with E-state index in [9.17, 15) is 14.0 Å². The average molecular weight is 527 g/mol. The number of aromatic nitrogens is 2. The molecule has 39 heavy (non-hydrogen) atoms. The monoisotopic (exact) mass is 526 g/mol. The van der Waals surface area contributed by atoms with Crippen molar-refractivity contribution >= 4 is 17.8 Å². The van der Waals surface area contributed by atoms with Gasteiger partial charge in [-0.25, -0.2) is 9.37 Å². The van der Waals surface area contributed by atoms with Gasteiger partial charge in [0.25, 0.3) is 5.91 Å². The predicted molar refractivity (Wildman–Crippen MR) is 148 cm³/mol. The third-order valence-electron chi connectivity index (χ3n) is 6.78. The van der Waals surface area contributed by atoms with Gasteiger partial charge >= 0.3 is 0 Å². The summed E-state index contributed by atoms with van der Waals surface area (Å²) in [7, 11) is 0. The lowest BCUT2D eigenvalue weighted by Crippen LogP contribution is -2.42. The molecule has 1 aliphatic rings. The summed E-state index contributed by atoms with van der Waals surface area (Å²) in [5.41, 5.74) is 5.05. The van der Waals surface area contributed by atoms with Crippen molar-refractivity contribution in [1.82, 2.24) is 14.5 Å². The first kappa shape index (κ1) is 26.3. The molecule has 8 heteroatoms. The van der Waals surface area contributed by atoms with Gasteiger partial charge < -0.3 is 9.64 Å². The van der Waals surface area contributed by atoms with Crippen LogP contribution in [0.15, 0.2) is 79.0 Å². The Morgan fingerprint density at radius 3 is 2.31 bits per heavy atom. The van der Waals surface area contributed by atoms with E-state index in [1.54, 1.807) is 0 Å². The molecule has 0 saturated carbocycles. The van der Waals surface area contributed by atoms with Crippen molar-refractivity contribution in [1.29, 1.82) is 0 Å². The van der Waals surface area contributed by atoms with E-state index in [1.807, 2.05) is 73.1 Å². The normalized spacial score (nSPS) is 14.8. The highest BCUT2D eigenvalue weighted by atomic mass is 19.1. The van der Waals surface area contributed by atoms with Gasteiger partial charge in [-0.15, -0.1) is 0 Å². The topological polar surface area (TPSA) is 76.5 Å². The zero-order valence-electron chi connectivity index (χ0n) is 22.1.